The summed E-state index contributed by atoms with van der Waals surface area (Å²) in [6.07, 6.45) is 0. The van der Waals surface area contributed by atoms with Crippen molar-refractivity contribution >= 4 is 71.6 Å². The zero-order chi connectivity index (χ0) is 40.3. The molecule has 2 heterocycles. The fourth-order valence-electron chi connectivity index (χ4n) is 9.38. The second-order valence-electron chi connectivity index (χ2n) is 15.7. The van der Waals surface area contributed by atoms with E-state index in [0.717, 1.165) is 61.4 Å². The number of rotatable bonds is 7. The Morgan fingerprint density at radius 2 is 0.885 bits per heavy atom. The van der Waals surface area contributed by atoms with Crippen molar-refractivity contribution in [3.05, 3.63) is 231 Å². The molecule has 12 rings (SSSR count). The average molecular weight is 779 g/mol. The van der Waals surface area contributed by atoms with Crippen molar-refractivity contribution in [2.75, 3.05) is 4.90 Å². The van der Waals surface area contributed by atoms with E-state index in [4.69, 9.17) is 4.42 Å². The van der Waals surface area contributed by atoms with E-state index in [2.05, 4.69) is 234 Å². The van der Waals surface area contributed by atoms with Gasteiger partial charge in [0.05, 0.1) is 16.7 Å². The molecule has 12 aromatic rings. The number of furan rings is 1. The number of nitrogens with zero attached hydrogens (tertiary/aromatic N) is 2. The molecule has 0 saturated heterocycles. The third kappa shape index (κ3) is 5.82. The van der Waals surface area contributed by atoms with Gasteiger partial charge in [0.25, 0.3) is 0 Å². The zero-order valence-electron chi connectivity index (χ0n) is 33.2. The Morgan fingerprint density at radius 3 is 1.67 bits per heavy atom. The SMILES string of the molecule is c1cc(-c2ccc(N(c3ccc(-n4c5ccccc5c5ccccc54)cc3)c3ccccc3-c3cccc4c3oc3ccccc34)cc2)cc(-c2cccc3ccccc23)c1. The molecule has 3 nitrogen and oxygen atoms in total. The normalized spacial score (nSPS) is 11.6. The van der Waals surface area contributed by atoms with Gasteiger partial charge >= 0.3 is 0 Å². The van der Waals surface area contributed by atoms with Crippen LogP contribution in [-0.2, 0) is 0 Å². The molecular weight excluding hydrogens is 741 g/mol. The van der Waals surface area contributed by atoms with Gasteiger partial charge in [-0.15, -0.1) is 0 Å². The molecule has 0 N–H and O–H groups in total. The van der Waals surface area contributed by atoms with Crippen LogP contribution < -0.4 is 4.90 Å². The van der Waals surface area contributed by atoms with Crippen molar-refractivity contribution in [2.45, 2.75) is 0 Å². The molecule has 0 aliphatic heterocycles. The van der Waals surface area contributed by atoms with E-state index in [1.54, 1.807) is 0 Å². The number of aromatic nitrogens is 1. The van der Waals surface area contributed by atoms with Crippen LogP contribution >= 0.6 is 0 Å². The minimum atomic E-state index is 0.888. The number of para-hydroxylation sites is 5. The van der Waals surface area contributed by atoms with E-state index in [0.29, 0.717) is 0 Å². The highest BCUT2D eigenvalue weighted by atomic mass is 16.3. The Hall–Kier alpha value is -8.14. The first-order chi connectivity index (χ1) is 30.3. The Balaban J connectivity index is 0.999. The summed E-state index contributed by atoms with van der Waals surface area (Å²) in [5.41, 5.74) is 15.4. The summed E-state index contributed by atoms with van der Waals surface area (Å²) in [5, 5.41) is 7.24. The number of fused-ring (bicyclic) bond motifs is 7. The van der Waals surface area contributed by atoms with Crippen LogP contribution in [-0.4, -0.2) is 4.57 Å². The molecule has 0 fully saturated rings. The van der Waals surface area contributed by atoms with E-state index in [9.17, 15) is 0 Å². The van der Waals surface area contributed by atoms with Crippen molar-refractivity contribution < 1.29 is 4.42 Å². The number of hydrogen-bond donors (Lipinski definition) is 0. The fourth-order valence-corrected chi connectivity index (χ4v) is 9.38. The van der Waals surface area contributed by atoms with Gasteiger partial charge in [-0.2, -0.15) is 0 Å². The van der Waals surface area contributed by atoms with Gasteiger partial charge in [-0.3, -0.25) is 0 Å². The van der Waals surface area contributed by atoms with Crippen LogP contribution in [0.25, 0.3) is 93.6 Å². The van der Waals surface area contributed by atoms with Crippen LogP contribution in [0.5, 0.6) is 0 Å². The summed E-state index contributed by atoms with van der Waals surface area (Å²) in [6.45, 7) is 0. The Morgan fingerprint density at radius 1 is 0.344 bits per heavy atom. The molecule has 0 radical (unpaired) electrons. The maximum atomic E-state index is 6.62. The van der Waals surface area contributed by atoms with Gasteiger partial charge in [0, 0.05) is 49.7 Å². The molecule has 0 unspecified atom stereocenters. The predicted octanol–water partition coefficient (Wildman–Crippen LogP) is 16.3. The van der Waals surface area contributed by atoms with Gasteiger partial charge in [0.15, 0.2) is 0 Å². The zero-order valence-corrected chi connectivity index (χ0v) is 33.2. The third-order valence-corrected chi connectivity index (χ3v) is 12.2. The standard InChI is InChI=1S/C58H38N2O/c1-2-18-46-40(14-1)15-12-23-47(46)42-17-11-16-41(38-42)39-30-32-43(33-31-39)59(44-34-36-45(37-35-44)60-55-27-8-3-19-48(55)49-20-4-9-28-56(49)60)54-26-7-5-21-50(54)52-24-13-25-53-51-22-6-10-29-57(51)61-58(52)53/h1-38H. The molecule has 0 atom stereocenters. The summed E-state index contributed by atoms with van der Waals surface area (Å²) in [6, 6.07) is 82.9. The van der Waals surface area contributed by atoms with Crippen molar-refractivity contribution in [3.8, 4) is 39.1 Å². The molecule has 0 bridgehead atoms. The first-order valence-corrected chi connectivity index (χ1v) is 20.8. The highest BCUT2D eigenvalue weighted by Crippen LogP contribution is 2.45. The minimum absolute atomic E-state index is 0.888. The summed E-state index contributed by atoms with van der Waals surface area (Å²) in [5.74, 6) is 0. The summed E-state index contributed by atoms with van der Waals surface area (Å²) in [7, 11) is 0. The Bertz CT molecular complexity index is 3530. The first kappa shape index (κ1) is 34.9. The lowest BCUT2D eigenvalue weighted by molar-refractivity contribution is 0.670. The van der Waals surface area contributed by atoms with Crippen LogP contribution in [0.3, 0.4) is 0 Å². The van der Waals surface area contributed by atoms with E-state index in [-0.39, 0.29) is 0 Å². The van der Waals surface area contributed by atoms with Gasteiger partial charge in [-0.05, 0) is 99.8 Å². The smallest absolute Gasteiger partial charge is 0.143 e. The molecule has 61 heavy (non-hydrogen) atoms. The molecule has 2 aromatic heterocycles. The lowest BCUT2D eigenvalue weighted by atomic mass is 9.95. The van der Waals surface area contributed by atoms with Crippen LogP contribution in [0.2, 0.25) is 0 Å². The van der Waals surface area contributed by atoms with Gasteiger partial charge in [-0.25, -0.2) is 0 Å². The topological polar surface area (TPSA) is 21.3 Å². The summed E-state index contributed by atoms with van der Waals surface area (Å²) >= 11 is 0. The van der Waals surface area contributed by atoms with Crippen LogP contribution in [0.4, 0.5) is 17.1 Å². The molecule has 0 saturated carbocycles. The van der Waals surface area contributed by atoms with Crippen molar-refractivity contribution in [2.24, 2.45) is 0 Å². The summed E-state index contributed by atoms with van der Waals surface area (Å²) in [4.78, 5) is 2.38. The van der Waals surface area contributed by atoms with Crippen LogP contribution in [0.15, 0.2) is 235 Å². The molecule has 0 aliphatic carbocycles. The van der Waals surface area contributed by atoms with Crippen molar-refractivity contribution in [1.29, 1.82) is 0 Å². The van der Waals surface area contributed by atoms with E-state index in [1.807, 2.05) is 6.07 Å². The van der Waals surface area contributed by atoms with Gasteiger partial charge < -0.3 is 13.9 Å². The van der Waals surface area contributed by atoms with Gasteiger partial charge in [-0.1, -0.05) is 164 Å². The molecule has 0 spiro atoms. The van der Waals surface area contributed by atoms with Crippen molar-refractivity contribution in [3.63, 3.8) is 0 Å². The van der Waals surface area contributed by atoms with Crippen LogP contribution in [0, 0.1) is 0 Å². The molecule has 286 valence electrons. The Kier molecular flexibility index (Phi) is 8.17. The number of benzene rings is 10. The van der Waals surface area contributed by atoms with E-state index >= 15 is 0 Å². The maximum Gasteiger partial charge on any atom is 0.143 e. The highest BCUT2D eigenvalue weighted by Gasteiger charge is 2.21. The predicted molar refractivity (Wildman–Crippen MR) is 257 cm³/mol. The Labute approximate surface area is 353 Å². The molecule has 10 aromatic carbocycles. The van der Waals surface area contributed by atoms with Gasteiger partial charge in [0.2, 0.25) is 0 Å². The average Bonchev–Trinajstić information content (AvgIpc) is 3.88. The molecule has 0 amide bonds. The maximum absolute atomic E-state index is 6.62. The quantitative estimate of drug-likeness (QED) is 0.161. The first-order valence-electron chi connectivity index (χ1n) is 20.8. The second kappa shape index (κ2) is 14.3. The van der Waals surface area contributed by atoms with E-state index in [1.165, 1.54) is 49.3 Å². The highest BCUT2D eigenvalue weighted by molar-refractivity contribution is 6.11. The largest absolute Gasteiger partial charge is 0.455 e. The minimum Gasteiger partial charge on any atom is -0.455 e. The lowest BCUT2D eigenvalue weighted by Gasteiger charge is -2.28. The van der Waals surface area contributed by atoms with Crippen molar-refractivity contribution in [1.82, 2.24) is 4.57 Å². The molecule has 3 heteroatoms. The lowest BCUT2D eigenvalue weighted by Crippen LogP contribution is -2.11. The second-order valence-corrected chi connectivity index (χ2v) is 15.7. The van der Waals surface area contributed by atoms with Gasteiger partial charge in [0.1, 0.15) is 11.2 Å². The molecule has 0 aliphatic rings. The van der Waals surface area contributed by atoms with Crippen LogP contribution in [0.1, 0.15) is 0 Å². The summed E-state index contributed by atoms with van der Waals surface area (Å²) < 4.78 is 8.99. The van der Waals surface area contributed by atoms with E-state index < -0.39 is 0 Å². The number of anilines is 3. The number of hydrogen-bond acceptors (Lipinski definition) is 2. The monoisotopic (exact) mass is 778 g/mol. The fraction of sp³-hybridized carbons (Fsp3) is 0. The third-order valence-electron chi connectivity index (χ3n) is 12.2. The molecular formula is C58H38N2O.